The first-order valence-corrected chi connectivity index (χ1v) is 4.04. The predicted molar refractivity (Wildman–Crippen MR) is 55.9 cm³/mol. The number of aliphatic hydroxyl groups excluding tert-OH is 1. The smallest absolute Gasteiger partial charge is 0.113 e. The molecule has 0 aliphatic rings. The van der Waals surface area contributed by atoms with Crippen molar-refractivity contribution >= 4 is 11.8 Å². The zero-order valence-electron chi connectivity index (χ0n) is 7.62. The molecular formula is C11H13NO. The lowest BCUT2D eigenvalue weighted by Crippen LogP contribution is -2.01. The Bertz CT molecular complexity index is 349. The van der Waals surface area contributed by atoms with E-state index in [0.717, 1.165) is 11.1 Å². The summed E-state index contributed by atoms with van der Waals surface area (Å²) in [4.78, 5) is 0. The molecule has 2 heteroatoms. The highest BCUT2D eigenvalue weighted by molar-refractivity contribution is 5.72. The largest absolute Gasteiger partial charge is 0.510 e. The Morgan fingerprint density at radius 3 is 2.62 bits per heavy atom. The molecule has 0 aromatic heterocycles. The van der Waals surface area contributed by atoms with Gasteiger partial charge in [-0.15, -0.1) is 0 Å². The van der Waals surface area contributed by atoms with Crippen LogP contribution in [0.5, 0.6) is 0 Å². The summed E-state index contributed by atoms with van der Waals surface area (Å²) in [6.07, 6.45) is 1.71. The van der Waals surface area contributed by atoms with Gasteiger partial charge in [-0.3, -0.25) is 0 Å². The van der Waals surface area contributed by atoms with Crippen molar-refractivity contribution in [3.8, 4) is 0 Å². The van der Waals surface area contributed by atoms with Crippen LogP contribution in [0.1, 0.15) is 18.1 Å². The normalized spacial score (nSPS) is 12.1. The molecule has 0 amide bonds. The standard InChI is InChI=1S/C11H13NO/c1-3-9-6-4-5-7-10(9)11(12)8(2)13/h3-7,13H,1,12H2,2H3/b11-8-. The molecule has 1 rings (SSSR count). The van der Waals surface area contributed by atoms with E-state index in [-0.39, 0.29) is 5.76 Å². The SMILES string of the molecule is C=Cc1ccccc1/C(N)=C(\C)O. The minimum Gasteiger partial charge on any atom is -0.510 e. The molecule has 0 heterocycles. The van der Waals surface area contributed by atoms with E-state index in [0.29, 0.717) is 5.70 Å². The molecule has 0 fully saturated rings. The average Bonchev–Trinajstić information content (AvgIpc) is 2.16. The lowest BCUT2D eigenvalue weighted by Gasteiger charge is -2.06. The molecule has 0 saturated heterocycles. The zero-order valence-corrected chi connectivity index (χ0v) is 7.62. The van der Waals surface area contributed by atoms with E-state index in [1.165, 1.54) is 0 Å². The van der Waals surface area contributed by atoms with Crippen LogP contribution in [0.3, 0.4) is 0 Å². The fraction of sp³-hybridized carbons (Fsp3) is 0.0909. The molecule has 0 spiro atoms. The Balaban J connectivity index is 3.29. The summed E-state index contributed by atoms with van der Waals surface area (Å²) in [6, 6.07) is 7.53. The third kappa shape index (κ3) is 1.90. The third-order valence-corrected chi connectivity index (χ3v) is 1.86. The Morgan fingerprint density at radius 2 is 2.08 bits per heavy atom. The summed E-state index contributed by atoms with van der Waals surface area (Å²) in [7, 11) is 0. The van der Waals surface area contributed by atoms with Crippen molar-refractivity contribution in [2.75, 3.05) is 0 Å². The molecule has 3 N–H and O–H groups in total. The number of hydrogen-bond acceptors (Lipinski definition) is 2. The molecule has 0 atom stereocenters. The van der Waals surface area contributed by atoms with Gasteiger partial charge in [0.1, 0.15) is 5.76 Å². The number of benzene rings is 1. The van der Waals surface area contributed by atoms with Crippen LogP contribution in [0.25, 0.3) is 11.8 Å². The van der Waals surface area contributed by atoms with E-state index in [9.17, 15) is 5.11 Å². The summed E-state index contributed by atoms with van der Waals surface area (Å²) in [5, 5.41) is 9.21. The molecular weight excluding hydrogens is 162 g/mol. The summed E-state index contributed by atoms with van der Waals surface area (Å²) in [6.45, 7) is 5.24. The molecule has 0 aliphatic heterocycles. The summed E-state index contributed by atoms with van der Waals surface area (Å²) in [5.74, 6) is 0.134. The van der Waals surface area contributed by atoms with Gasteiger partial charge in [-0.05, 0) is 12.5 Å². The van der Waals surface area contributed by atoms with Gasteiger partial charge in [0.05, 0.1) is 5.70 Å². The van der Waals surface area contributed by atoms with E-state index in [4.69, 9.17) is 5.73 Å². The molecule has 0 aliphatic carbocycles. The van der Waals surface area contributed by atoms with Crippen LogP contribution in [0, 0.1) is 0 Å². The van der Waals surface area contributed by atoms with Gasteiger partial charge in [0.25, 0.3) is 0 Å². The maximum Gasteiger partial charge on any atom is 0.113 e. The van der Waals surface area contributed by atoms with Crippen molar-refractivity contribution in [2.45, 2.75) is 6.92 Å². The minimum absolute atomic E-state index is 0.134. The van der Waals surface area contributed by atoms with Gasteiger partial charge in [0.15, 0.2) is 0 Å². The molecule has 2 nitrogen and oxygen atoms in total. The molecule has 0 radical (unpaired) electrons. The van der Waals surface area contributed by atoms with Gasteiger partial charge in [-0.2, -0.15) is 0 Å². The topological polar surface area (TPSA) is 46.2 Å². The Labute approximate surface area is 78.0 Å². The second-order valence-corrected chi connectivity index (χ2v) is 2.79. The average molecular weight is 175 g/mol. The minimum atomic E-state index is 0.134. The van der Waals surface area contributed by atoms with Gasteiger partial charge in [0.2, 0.25) is 0 Å². The third-order valence-electron chi connectivity index (χ3n) is 1.86. The molecule has 68 valence electrons. The predicted octanol–water partition coefficient (Wildman–Crippen LogP) is 2.53. The zero-order chi connectivity index (χ0) is 9.84. The van der Waals surface area contributed by atoms with Crippen molar-refractivity contribution in [1.82, 2.24) is 0 Å². The van der Waals surface area contributed by atoms with Crippen LogP contribution in [-0.4, -0.2) is 5.11 Å². The van der Waals surface area contributed by atoms with Crippen LogP contribution < -0.4 is 5.73 Å². The highest BCUT2D eigenvalue weighted by Gasteiger charge is 2.03. The Morgan fingerprint density at radius 1 is 1.46 bits per heavy atom. The van der Waals surface area contributed by atoms with E-state index in [1.54, 1.807) is 13.0 Å². The van der Waals surface area contributed by atoms with Crippen molar-refractivity contribution in [1.29, 1.82) is 0 Å². The van der Waals surface area contributed by atoms with Gasteiger partial charge in [-0.1, -0.05) is 36.9 Å². The number of allylic oxidation sites excluding steroid dienone is 1. The van der Waals surface area contributed by atoms with Crippen molar-refractivity contribution < 1.29 is 5.11 Å². The van der Waals surface area contributed by atoms with Crippen molar-refractivity contribution in [3.05, 3.63) is 47.7 Å². The second kappa shape index (κ2) is 3.81. The number of aliphatic hydroxyl groups is 1. The van der Waals surface area contributed by atoms with Gasteiger partial charge >= 0.3 is 0 Å². The monoisotopic (exact) mass is 175 g/mol. The molecule has 0 bridgehead atoms. The maximum atomic E-state index is 9.21. The first kappa shape index (κ1) is 9.39. The fourth-order valence-corrected chi connectivity index (χ4v) is 1.12. The van der Waals surface area contributed by atoms with Crippen molar-refractivity contribution in [3.63, 3.8) is 0 Å². The molecule has 0 unspecified atom stereocenters. The number of nitrogens with two attached hydrogens (primary N) is 1. The molecule has 0 saturated carbocycles. The Hall–Kier alpha value is -1.70. The quantitative estimate of drug-likeness (QED) is 0.678. The van der Waals surface area contributed by atoms with E-state index >= 15 is 0 Å². The first-order chi connectivity index (χ1) is 6.16. The van der Waals surface area contributed by atoms with Gasteiger partial charge < -0.3 is 10.8 Å². The second-order valence-electron chi connectivity index (χ2n) is 2.79. The van der Waals surface area contributed by atoms with Crippen LogP contribution in [0.15, 0.2) is 36.6 Å². The first-order valence-electron chi connectivity index (χ1n) is 4.04. The van der Waals surface area contributed by atoms with Crippen LogP contribution in [0.2, 0.25) is 0 Å². The number of hydrogen-bond donors (Lipinski definition) is 2. The lowest BCUT2D eigenvalue weighted by atomic mass is 10.0. The van der Waals surface area contributed by atoms with Crippen LogP contribution in [-0.2, 0) is 0 Å². The van der Waals surface area contributed by atoms with E-state index < -0.39 is 0 Å². The summed E-state index contributed by atoms with van der Waals surface area (Å²) >= 11 is 0. The highest BCUT2D eigenvalue weighted by Crippen LogP contribution is 2.17. The van der Waals surface area contributed by atoms with Gasteiger partial charge in [0, 0.05) is 5.56 Å². The lowest BCUT2D eigenvalue weighted by molar-refractivity contribution is 0.416. The van der Waals surface area contributed by atoms with E-state index in [2.05, 4.69) is 6.58 Å². The molecule has 13 heavy (non-hydrogen) atoms. The number of rotatable bonds is 2. The molecule has 1 aromatic carbocycles. The summed E-state index contributed by atoms with van der Waals surface area (Å²) < 4.78 is 0. The highest BCUT2D eigenvalue weighted by atomic mass is 16.3. The van der Waals surface area contributed by atoms with Crippen LogP contribution >= 0.6 is 0 Å². The van der Waals surface area contributed by atoms with Crippen LogP contribution in [0.4, 0.5) is 0 Å². The summed E-state index contributed by atoms with van der Waals surface area (Å²) in [5.41, 5.74) is 7.84. The fourth-order valence-electron chi connectivity index (χ4n) is 1.12. The Kier molecular flexibility index (Phi) is 2.75. The van der Waals surface area contributed by atoms with Crippen molar-refractivity contribution in [2.24, 2.45) is 5.73 Å². The maximum absolute atomic E-state index is 9.21. The van der Waals surface area contributed by atoms with Gasteiger partial charge in [-0.25, -0.2) is 0 Å². The molecule has 1 aromatic rings. The van der Waals surface area contributed by atoms with E-state index in [1.807, 2.05) is 24.3 Å².